The van der Waals surface area contributed by atoms with Crippen molar-refractivity contribution in [2.45, 2.75) is 88.3 Å². The van der Waals surface area contributed by atoms with E-state index in [1.54, 1.807) is 0 Å². The summed E-state index contributed by atoms with van der Waals surface area (Å²) in [4.78, 5) is 0. The number of rotatable bonds is 0. The molecule has 6 fully saturated rings. The summed E-state index contributed by atoms with van der Waals surface area (Å²) in [6, 6.07) is 0. The van der Waals surface area contributed by atoms with Gasteiger partial charge in [-0.05, 0) is 55.4 Å². The van der Waals surface area contributed by atoms with E-state index in [1.165, 1.54) is 5.57 Å². The van der Waals surface area contributed by atoms with Crippen LogP contribution >= 0.6 is 0 Å². The second kappa shape index (κ2) is 5.83. The fourth-order valence-electron chi connectivity index (χ4n) is 8.99. The molecule has 0 aromatic rings. The van der Waals surface area contributed by atoms with E-state index < -0.39 is 11.4 Å². The lowest BCUT2D eigenvalue weighted by molar-refractivity contribution is -0.313. The van der Waals surface area contributed by atoms with Crippen LogP contribution in [0.1, 0.15) is 65.7 Å². The number of allylic oxidation sites excluding steroid dienone is 1. The molecular weight excluding hydrogens is 404 g/mol. The van der Waals surface area contributed by atoms with Crippen molar-refractivity contribution < 1.29 is 24.4 Å². The SMILES string of the molecule is CC1(C)COC2(CC[C@]34O[C@]3(CC[C@@H]3C4=CC[C@@]4(C)[C@H]3[C@@H]3C[C@@H]3[C@@]4(O)C#CCO)C2)OC1. The third kappa shape index (κ3) is 2.25. The molecule has 32 heavy (non-hydrogen) atoms. The van der Waals surface area contributed by atoms with Gasteiger partial charge in [-0.2, -0.15) is 0 Å². The normalized spacial score (nSPS) is 55.2. The molecule has 7 rings (SSSR count). The zero-order chi connectivity index (χ0) is 22.2. The van der Waals surface area contributed by atoms with Crippen LogP contribution in [0.15, 0.2) is 11.6 Å². The van der Waals surface area contributed by atoms with Gasteiger partial charge in [-0.15, -0.1) is 0 Å². The molecule has 4 saturated carbocycles. The van der Waals surface area contributed by atoms with Crippen molar-refractivity contribution >= 4 is 0 Å². The maximum atomic E-state index is 11.7. The first-order valence-corrected chi connectivity index (χ1v) is 12.7. The number of epoxide rings is 1. The van der Waals surface area contributed by atoms with Crippen LogP contribution in [-0.4, -0.2) is 52.6 Å². The first-order valence-electron chi connectivity index (χ1n) is 12.7. The molecule has 0 aromatic carbocycles. The maximum absolute atomic E-state index is 11.7. The van der Waals surface area contributed by atoms with Crippen molar-refractivity contribution in [1.29, 1.82) is 0 Å². The minimum atomic E-state index is -0.975. The topological polar surface area (TPSA) is 71.5 Å². The van der Waals surface area contributed by atoms with Gasteiger partial charge >= 0.3 is 0 Å². The van der Waals surface area contributed by atoms with E-state index in [1.807, 2.05) is 0 Å². The lowest BCUT2D eigenvalue weighted by Gasteiger charge is -2.53. The summed E-state index contributed by atoms with van der Waals surface area (Å²) in [6.07, 6.45) is 9.22. The standard InChI is InChI=1S/C27H36O5/c1-22(2)15-30-25(31-16-22)10-11-27-19-6-8-23(3)21(17(19)5-9-24(27,14-25)32-27)18-13-20(18)26(23,29)7-4-12-28/h6,17-18,20-21,28-29H,5,8-16H2,1-3H3/t17-,18-,20+,21-,23+,24-,26+,27-/m1/s1. The van der Waals surface area contributed by atoms with Gasteiger partial charge in [0.25, 0.3) is 0 Å². The van der Waals surface area contributed by atoms with Gasteiger partial charge in [-0.25, -0.2) is 0 Å². The molecule has 0 aromatic heterocycles. The predicted octanol–water partition coefficient (Wildman–Crippen LogP) is 3.19. The monoisotopic (exact) mass is 440 g/mol. The van der Waals surface area contributed by atoms with Crippen molar-refractivity contribution in [2.75, 3.05) is 19.8 Å². The molecule has 5 heteroatoms. The van der Waals surface area contributed by atoms with E-state index in [2.05, 4.69) is 38.7 Å². The molecule has 2 saturated heterocycles. The van der Waals surface area contributed by atoms with E-state index in [0.717, 1.165) is 58.2 Å². The molecule has 1 spiro atoms. The summed E-state index contributed by atoms with van der Waals surface area (Å²) >= 11 is 0. The summed E-state index contributed by atoms with van der Waals surface area (Å²) < 4.78 is 19.5. The molecule has 0 amide bonds. The van der Waals surface area contributed by atoms with Gasteiger partial charge in [0.05, 0.1) is 13.2 Å². The van der Waals surface area contributed by atoms with Gasteiger partial charge in [-0.1, -0.05) is 38.7 Å². The van der Waals surface area contributed by atoms with Crippen molar-refractivity contribution in [3.8, 4) is 11.8 Å². The van der Waals surface area contributed by atoms with E-state index in [9.17, 15) is 10.2 Å². The van der Waals surface area contributed by atoms with E-state index in [0.29, 0.717) is 17.8 Å². The summed E-state index contributed by atoms with van der Waals surface area (Å²) in [6.45, 7) is 7.96. The Morgan fingerprint density at radius 3 is 2.66 bits per heavy atom. The van der Waals surface area contributed by atoms with Crippen LogP contribution in [0.2, 0.25) is 0 Å². The van der Waals surface area contributed by atoms with Crippen LogP contribution in [0.3, 0.4) is 0 Å². The van der Waals surface area contributed by atoms with Crippen LogP contribution < -0.4 is 0 Å². The average Bonchev–Trinajstić information content (AvgIpc) is 3.66. The third-order valence-corrected chi connectivity index (χ3v) is 10.6. The Balaban J connectivity index is 1.20. The van der Waals surface area contributed by atoms with E-state index in [-0.39, 0.29) is 34.6 Å². The summed E-state index contributed by atoms with van der Waals surface area (Å²) in [5.41, 5.74) is 0.120. The number of fused-ring (bicyclic) bond motifs is 5. The smallest absolute Gasteiger partial charge is 0.171 e. The maximum Gasteiger partial charge on any atom is 0.171 e. The molecule has 174 valence electrons. The zero-order valence-corrected chi connectivity index (χ0v) is 19.6. The summed E-state index contributed by atoms with van der Waals surface area (Å²) in [7, 11) is 0. The molecule has 0 bridgehead atoms. The van der Waals surface area contributed by atoms with Crippen molar-refractivity contribution in [1.82, 2.24) is 0 Å². The molecule has 7 aliphatic rings. The lowest BCUT2D eigenvalue weighted by Crippen LogP contribution is -2.57. The fourth-order valence-corrected chi connectivity index (χ4v) is 8.99. The Kier molecular flexibility index (Phi) is 3.73. The molecule has 0 unspecified atom stereocenters. The minimum absolute atomic E-state index is 0.0782. The third-order valence-electron chi connectivity index (χ3n) is 10.6. The van der Waals surface area contributed by atoms with Crippen LogP contribution in [0.5, 0.6) is 0 Å². The van der Waals surface area contributed by atoms with Crippen molar-refractivity contribution in [2.24, 2.45) is 34.5 Å². The number of ether oxygens (including phenoxy) is 3. The fraction of sp³-hybridized carbons (Fsp3) is 0.852. The van der Waals surface area contributed by atoms with Gasteiger partial charge < -0.3 is 24.4 Å². The Hall–Kier alpha value is -0.900. The van der Waals surface area contributed by atoms with Gasteiger partial charge in [0.2, 0.25) is 0 Å². The molecule has 5 aliphatic carbocycles. The quantitative estimate of drug-likeness (QED) is 0.344. The van der Waals surface area contributed by atoms with Gasteiger partial charge in [0.1, 0.15) is 23.4 Å². The van der Waals surface area contributed by atoms with Crippen molar-refractivity contribution in [3.05, 3.63) is 11.6 Å². The highest BCUT2D eigenvalue weighted by Gasteiger charge is 2.82. The molecule has 0 radical (unpaired) electrons. The largest absolute Gasteiger partial charge is 0.384 e. The Morgan fingerprint density at radius 1 is 1.12 bits per heavy atom. The number of hydrogen-bond donors (Lipinski definition) is 2. The van der Waals surface area contributed by atoms with Crippen LogP contribution in [-0.2, 0) is 14.2 Å². The predicted molar refractivity (Wildman–Crippen MR) is 117 cm³/mol. The highest BCUT2D eigenvalue weighted by Crippen LogP contribution is 2.78. The summed E-state index contributed by atoms with van der Waals surface area (Å²) in [5.74, 6) is 7.19. The van der Waals surface area contributed by atoms with E-state index in [4.69, 9.17) is 14.2 Å². The molecule has 8 atom stereocenters. The molecule has 5 nitrogen and oxygen atoms in total. The van der Waals surface area contributed by atoms with Gasteiger partial charge in [0, 0.05) is 29.6 Å². The van der Waals surface area contributed by atoms with Gasteiger partial charge in [0.15, 0.2) is 5.79 Å². The Morgan fingerprint density at radius 2 is 1.91 bits per heavy atom. The number of hydrogen-bond acceptors (Lipinski definition) is 5. The second-order valence-corrected chi connectivity index (χ2v) is 12.9. The van der Waals surface area contributed by atoms with Crippen LogP contribution in [0.25, 0.3) is 0 Å². The summed E-state index contributed by atoms with van der Waals surface area (Å²) in [5, 5.41) is 21.0. The molecular formula is C27H36O5. The first kappa shape index (κ1) is 20.5. The minimum Gasteiger partial charge on any atom is -0.384 e. The van der Waals surface area contributed by atoms with E-state index >= 15 is 0 Å². The Bertz CT molecular complexity index is 964. The lowest BCUT2D eigenvalue weighted by atomic mass is 9.51. The second-order valence-electron chi connectivity index (χ2n) is 12.9. The average molecular weight is 441 g/mol. The van der Waals surface area contributed by atoms with Gasteiger partial charge in [-0.3, -0.25) is 0 Å². The highest BCUT2D eigenvalue weighted by molar-refractivity contribution is 5.46. The van der Waals surface area contributed by atoms with Crippen LogP contribution in [0, 0.1) is 46.3 Å². The highest BCUT2D eigenvalue weighted by atomic mass is 16.7. The zero-order valence-electron chi connectivity index (χ0n) is 19.6. The molecule has 2 aliphatic heterocycles. The number of aliphatic hydroxyl groups excluding tert-OH is 1. The van der Waals surface area contributed by atoms with Crippen LogP contribution in [0.4, 0.5) is 0 Å². The molecule has 2 heterocycles. The molecule has 2 N–H and O–H groups in total. The van der Waals surface area contributed by atoms with Crippen molar-refractivity contribution in [3.63, 3.8) is 0 Å². The number of aliphatic hydroxyl groups is 2. The first-order chi connectivity index (χ1) is 15.1. The Labute approximate surface area is 190 Å².